The van der Waals surface area contributed by atoms with Gasteiger partial charge in [0.25, 0.3) is 15.9 Å². The number of sulfonamides is 1. The van der Waals surface area contributed by atoms with Gasteiger partial charge >= 0.3 is 11.9 Å². The van der Waals surface area contributed by atoms with E-state index in [-0.39, 0.29) is 35.3 Å². The third kappa shape index (κ3) is 5.80. The number of carbonyl (C=O) groups is 3. The smallest absolute Gasteiger partial charge is 0.338 e. The van der Waals surface area contributed by atoms with E-state index < -0.39 is 33.9 Å². The highest BCUT2D eigenvalue weighted by Gasteiger charge is 2.40. The molecule has 198 valence electrons. The molecule has 3 heterocycles. The van der Waals surface area contributed by atoms with Crippen LogP contribution < -0.4 is 4.80 Å². The largest absolute Gasteiger partial charge is 0.465 e. The quantitative estimate of drug-likeness (QED) is 0.371. The average molecular weight is 586 g/mol. The summed E-state index contributed by atoms with van der Waals surface area (Å²) in [7, 11) is -3.93. The van der Waals surface area contributed by atoms with Gasteiger partial charge in [-0.1, -0.05) is 22.9 Å². The van der Waals surface area contributed by atoms with E-state index in [2.05, 4.69) is 4.99 Å². The second-order valence-electron chi connectivity index (χ2n) is 7.96. The highest BCUT2D eigenvalue weighted by molar-refractivity contribution is 7.91. The zero-order chi connectivity index (χ0) is 26.7. The highest BCUT2D eigenvalue weighted by Crippen LogP contribution is 2.32. The molecule has 0 bridgehead atoms. The predicted molar refractivity (Wildman–Crippen MR) is 139 cm³/mol. The van der Waals surface area contributed by atoms with E-state index >= 15 is 0 Å². The third-order valence-electron chi connectivity index (χ3n) is 5.59. The second kappa shape index (κ2) is 11.4. The molecule has 1 aliphatic heterocycles. The zero-order valence-electron chi connectivity index (χ0n) is 20.0. The van der Waals surface area contributed by atoms with Crippen LogP contribution in [0.25, 0.3) is 10.2 Å². The second-order valence-corrected chi connectivity index (χ2v) is 12.8. The molecule has 1 aromatic carbocycles. The number of aromatic nitrogens is 1. The van der Waals surface area contributed by atoms with E-state index in [9.17, 15) is 22.8 Å². The summed E-state index contributed by atoms with van der Waals surface area (Å²) < 4.78 is 40.2. The maximum atomic E-state index is 13.3. The van der Waals surface area contributed by atoms with Crippen molar-refractivity contribution in [3.8, 4) is 0 Å². The number of thiophene rings is 1. The lowest BCUT2D eigenvalue weighted by Crippen LogP contribution is -2.40. The lowest BCUT2D eigenvalue weighted by atomic mass is 10.2. The summed E-state index contributed by atoms with van der Waals surface area (Å²) in [6.07, 6.45) is 0.818. The molecule has 0 saturated carbocycles. The van der Waals surface area contributed by atoms with Gasteiger partial charge in [0.1, 0.15) is 16.8 Å². The highest BCUT2D eigenvalue weighted by atomic mass is 35.5. The number of nitrogens with zero attached hydrogens (tertiary/aromatic N) is 3. The molecular weight excluding hydrogens is 562 g/mol. The number of hydrogen-bond donors (Lipinski definition) is 0. The molecule has 1 fully saturated rings. The predicted octanol–water partition coefficient (Wildman–Crippen LogP) is 3.44. The Labute approximate surface area is 226 Å². The maximum absolute atomic E-state index is 13.3. The molecule has 1 amide bonds. The van der Waals surface area contributed by atoms with Gasteiger partial charge in [-0.15, -0.1) is 11.3 Å². The SMILES string of the molecule is CCOC(=O)Cn1c(=NC(=O)C2CCCN2S(=O)(=O)c2ccc(Cl)s2)sc2cc(C(=O)OCC)ccc21. The summed E-state index contributed by atoms with van der Waals surface area (Å²) in [5.74, 6) is -1.66. The van der Waals surface area contributed by atoms with Crippen molar-refractivity contribution in [1.82, 2.24) is 8.87 Å². The van der Waals surface area contributed by atoms with E-state index in [4.69, 9.17) is 21.1 Å². The van der Waals surface area contributed by atoms with Gasteiger partial charge in [-0.25, -0.2) is 13.2 Å². The molecule has 37 heavy (non-hydrogen) atoms. The first-order chi connectivity index (χ1) is 17.6. The number of esters is 2. The van der Waals surface area contributed by atoms with Crippen LogP contribution in [0.4, 0.5) is 0 Å². The number of carbonyl (C=O) groups excluding carboxylic acids is 3. The van der Waals surface area contributed by atoms with Crippen LogP contribution in [0, 0.1) is 0 Å². The lowest BCUT2D eigenvalue weighted by molar-refractivity contribution is -0.143. The molecule has 0 aliphatic carbocycles. The van der Waals surface area contributed by atoms with Crippen LogP contribution in [0.15, 0.2) is 39.5 Å². The Kier molecular flexibility index (Phi) is 8.49. The number of halogens is 1. The lowest BCUT2D eigenvalue weighted by Gasteiger charge is -2.20. The van der Waals surface area contributed by atoms with Crippen LogP contribution >= 0.6 is 34.3 Å². The van der Waals surface area contributed by atoms with E-state index in [0.717, 1.165) is 27.0 Å². The van der Waals surface area contributed by atoms with Crippen molar-refractivity contribution >= 4 is 72.4 Å². The minimum absolute atomic E-state index is 0.0583. The number of fused-ring (bicyclic) bond motifs is 1. The van der Waals surface area contributed by atoms with Gasteiger partial charge < -0.3 is 14.0 Å². The van der Waals surface area contributed by atoms with Crippen molar-refractivity contribution < 1.29 is 32.3 Å². The summed E-state index contributed by atoms with van der Waals surface area (Å²) >= 11 is 7.96. The summed E-state index contributed by atoms with van der Waals surface area (Å²) in [5, 5.41) is 0. The van der Waals surface area contributed by atoms with Crippen LogP contribution in [0.3, 0.4) is 0 Å². The minimum Gasteiger partial charge on any atom is -0.465 e. The van der Waals surface area contributed by atoms with Crippen LogP contribution in [0.2, 0.25) is 4.34 Å². The van der Waals surface area contributed by atoms with Gasteiger partial charge in [-0.2, -0.15) is 9.30 Å². The van der Waals surface area contributed by atoms with E-state index in [1.807, 2.05) is 0 Å². The van der Waals surface area contributed by atoms with Crippen molar-refractivity contribution in [1.29, 1.82) is 0 Å². The van der Waals surface area contributed by atoms with Gasteiger partial charge in [0.2, 0.25) is 0 Å². The normalized spacial score (nSPS) is 16.8. The zero-order valence-corrected chi connectivity index (χ0v) is 23.2. The first kappa shape index (κ1) is 27.5. The van der Waals surface area contributed by atoms with Gasteiger partial charge in [0, 0.05) is 6.54 Å². The molecule has 0 radical (unpaired) electrons. The van der Waals surface area contributed by atoms with Crippen molar-refractivity contribution in [2.24, 2.45) is 4.99 Å². The fraction of sp³-hybridized carbons (Fsp3) is 0.391. The van der Waals surface area contributed by atoms with Crippen LogP contribution in [0.5, 0.6) is 0 Å². The number of hydrogen-bond acceptors (Lipinski definition) is 9. The molecule has 10 nitrogen and oxygen atoms in total. The average Bonchev–Trinajstić information content (AvgIpc) is 3.59. The fourth-order valence-electron chi connectivity index (χ4n) is 3.98. The molecule has 1 unspecified atom stereocenters. The van der Waals surface area contributed by atoms with Crippen molar-refractivity contribution in [3.63, 3.8) is 0 Å². The first-order valence-electron chi connectivity index (χ1n) is 11.5. The van der Waals surface area contributed by atoms with Crippen molar-refractivity contribution in [3.05, 3.63) is 45.0 Å². The van der Waals surface area contributed by atoms with Crippen LogP contribution in [-0.4, -0.2) is 60.9 Å². The number of benzene rings is 1. The standard InChI is InChI=1S/C23H24ClN3O7S3/c1-3-33-19(28)13-26-15-8-7-14(22(30)34-4-2)12-17(15)35-23(26)25-21(29)16-6-5-11-27(16)37(31,32)20-10-9-18(24)36-20/h7-10,12,16H,3-6,11,13H2,1-2H3. The molecule has 4 rings (SSSR count). The van der Waals surface area contributed by atoms with Crippen molar-refractivity contribution in [2.45, 2.75) is 43.5 Å². The molecule has 1 aliphatic rings. The molecular formula is C23H24ClN3O7S3. The monoisotopic (exact) mass is 585 g/mol. The Morgan fingerprint density at radius 3 is 2.54 bits per heavy atom. The molecule has 1 saturated heterocycles. The Balaban J connectivity index is 1.74. The summed E-state index contributed by atoms with van der Waals surface area (Å²) in [5.41, 5.74) is 0.890. The topological polar surface area (TPSA) is 124 Å². The minimum atomic E-state index is -3.93. The number of ether oxygens (including phenoxy) is 2. The number of rotatable bonds is 8. The fourth-order valence-corrected chi connectivity index (χ4v) is 8.32. The van der Waals surface area contributed by atoms with Crippen LogP contribution in [-0.2, 0) is 35.6 Å². The summed E-state index contributed by atoms with van der Waals surface area (Å²) in [6.45, 7) is 3.77. The molecule has 2 aromatic heterocycles. The van der Waals surface area contributed by atoms with Gasteiger partial charge in [0.15, 0.2) is 4.80 Å². The molecule has 1 atom stereocenters. The Morgan fingerprint density at radius 1 is 1.11 bits per heavy atom. The number of thiazole rings is 1. The molecule has 3 aromatic rings. The Hall–Kier alpha value is -2.58. The summed E-state index contributed by atoms with van der Waals surface area (Å²) in [6, 6.07) is 6.75. The van der Waals surface area contributed by atoms with Gasteiger partial charge in [-0.3, -0.25) is 9.59 Å². The van der Waals surface area contributed by atoms with Crippen LogP contribution in [0.1, 0.15) is 37.0 Å². The molecule has 0 spiro atoms. The van der Waals surface area contributed by atoms with E-state index in [1.54, 1.807) is 32.0 Å². The number of amides is 1. The van der Waals surface area contributed by atoms with E-state index in [1.165, 1.54) is 16.7 Å². The molecule has 14 heteroatoms. The van der Waals surface area contributed by atoms with Gasteiger partial charge in [-0.05, 0) is 57.0 Å². The van der Waals surface area contributed by atoms with Crippen molar-refractivity contribution in [2.75, 3.05) is 19.8 Å². The summed E-state index contributed by atoms with van der Waals surface area (Å²) in [4.78, 5) is 42.3. The Morgan fingerprint density at radius 2 is 1.86 bits per heavy atom. The maximum Gasteiger partial charge on any atom is 0.338 e. The first-order valence-corrected chi connectivity index (χ1v) is 14.9. The third-order valence-corrected chi connectivity index (χ3v) is 10.2. The Bertz CT molecular complexity index is 1520. The van der Waals surface area contributed by atoms with E-state index in [0.29, 0.717) is 33.0 Å². The van der Waals surface area contributed by atoms with Gasteiger partial charge in [0.05, 0.1) is 33.3 Å². The molecule has 0 N–H and O–H groups in total.